The van der Waals surface area contributed by atoms with Crippen LogP contribution in [-0.4, -0.2) is 48.5 Å². The van der Waals surface area contributed by atoms with E-state index in [9.17, 15) is 9.90 Å². The summed E-state index contributed by atoms with van der Waals surface area (Å²) in [5.41, 5.74) is 5.28. The first-order chi connectivity index (χ1) is 17.1. The van der Waals surface area contributed by atoms with Crippen molar-refractivity contribution in [2.24, 2.45) is 0 Å². The number of carboxylic acid groups (broad SMARTS) is 1. The van der Waals surface area contributed by atoms with Crippen LogP contribution in [-0.2, 0) is 0 Å². The first-order valence-electron chi connectivity index (χ1n) is 11.6. The summed E-state index contributed by atoms with van der Waals surface area (Å²) in [7, 11) is 0. The fourth-order valence-corrected chi connectivity index (χ4v) is 5.11. The van der Waals surface area contributed by atoms with Gasteiger partial charge in [-0.05, 0) is 25.0 Å². The molecule has 0 spiro atoms. The summed E-state index contributed by atoms with van der Waals surface area (Å²) in [6.07, 6.45) is 4.10. The zero-order chi connectivity index (χ0) is 23.9. The first kappa shape index (κ1) is 21.6. The second kappa shape index (κ2) is 8.67. The molecule has 0 bridgehead atoms. The number of carbonyl (C=O) groups is 1. The molecule has 0 radical (unpaired) electrons. The predicted molar refractivity (Wildman–Crippen MR) is 136 cm³/mol. The van der Waals surface area contributed by atoms with E-state index in [1.165, 1.54) is 4.90 Å². The van der Waals surface area contributed by atoms with Crippen LogP contribution >= 0.6 is 11.6 Å². The molecule has 8 heteroatoms. The molecule has 1 amide bonds. The molecular weight excluding hydrogens is 462 g/mol. The highest BCUT2D eigenvalue weighted by Crippen LogP contribution is 2.36. The molecular formula is C27H22ClN5O2. The number of halogens is 1. The molecule has 3 aromatic heterocycles. The second-order valence-electron chi connectivity index (χ2n) is 8.77. The molecule has 5 aromatic rings. The zero-order valence-corrected chi connectivity index (χ0v) is 19.6. The Morgan fingerprint density at radius 1 is 0.971 bits per heavy atom. The summed E-state index contributed by atoms with van der Waals surface area (Å²) in [6, 6.07) is 20.3. The molecule has 1 N–H and O–H groups in total. The SMILES string of the molecule is O=C(O)N1CCC(c2nc(-c3ccc4ccc(-c5ccccc5)nc4c3)c3c(Cl)nccn23)CC1. The van der Waals surface area contributed by atoms with E-state index in [4.69, 9.17) is 21.6 Å². The van der Waals surface area contributed by atoms with Crippen LogP contribution in [0.2, 0.25) is 5.15 Å². The van der Waals surface area contributed by atoms with Gasteiger partial charge in [-0.3, -0.25) is 4.40 Å². The molecule has 1 aliphatic heterocycles. The van der Waals surface area contributed by atoms with E-state index in [0.29, 0.717) is 31.1 Å². The van der Waals surface area contributed by atoms with Crippen molar-refractivity contribution in [3.63, 3.8) is 0 Å². The highest BCUT2D eigenvalue weighted by atomic mass is 35.5. The summed E-state index contributed by atoms with van der Waals surface area (Å²) in [6.45, 7) is 0.983. The number of amides is 1. The van der Waals surface area contributed by atoms with Gasteiger partial charge in [-0.25, -0.2) is 19.7 Å². The van der Waals surface area contributed by atoms with Gasteiger partial charge in [0.05, 0.1) is 16.9 Å². The lowest BCUT2D eigenvalue weighted by atomic mass is 9.96. The third kappa shape index (κ3) is 3.88. The molecule has 0 aliphatic carbocycles. The highest BCUT2D eigenvalue weighted by Gasteiger charge is 2.28. The number of imidazole rings is 1. The van der Waals surface area contributed by atoms with Gasteiger partial charge in [0, 0.05) is 47.9 Å². The van der Waals surface area contributed by atoms with Crippen LogP contribution in [0, 0.1) is 0 Å². The fourth-order valence-electron chi connectivity index (χ4n) is 4.88. The van der Waals surface area contributed by atoms with E-state index in [-0.39, 0.29) is 5.92 Å². The van der Waals surface area contributed by atoms with Gasteiger partial charge in [-0.2, -0.15) is 0 Å². The minimum Gasteiger partial charge on any atom is -0.465 e. The molecule has 1 fully saturated rings. The van der Waals surface area contributed by atoms with Crippen molar-refractivity contribution in [1.82, 2.24) is 24.3 Å². The van der Waals surface area contributed by atoms with Crippen LogP contribution in [0.1, 0.15) is 24.6 Å². The minimum atomic E-state index is -0.872. The van der Waals surface area contributed by atoms with E-state index in [1.807, 2.05) is 65.2 Å². The first-order valence-corrected chi connectivity index (χ1v) is 11.9. The van der Waals surface area contributed by atoms with Gasteiger partial charge in [0.15, 0.2) is 5.15 Å². The van der Waals surface area contributed by atoms with Crippen LogP contribution in [0.15, 0.2) is 73.1 Å². The van der Waals surface area contributed by atoms with E-state index >= 15 is 0 Å². The summed E-state index contributed by atoms with van der Waals surface area (Å²) in [5.74, 6) is 1.02. The fraction of sp³-hybridized carbons (Fsp3) is 0.185. The highest BCUT2D eigenvalue weighted by molar-refractivity contribution is 6.33. The lowest BCUT2D eigenvalue weighted by Gasteiger charge is -2.29. The molecule has 6 rings (SSSR count). The smallest absolute Gasteiger partial charge is 0.407 e. The van der Waals surface area contributed by atoms with Crippen molar-refractivity contribution in [3.05, 3.63) is 84.0 Å². The van der Waals surface area contributed by atoms with Crippen molar-refractivity contribution in [3.8, 4) is 22.5 Å². The number of pyridine rings is 1. The third-order valence-electron chi connectivity index (χ3n) is 6.70. The number of hydrogen-bond acceptors (Lipinski definition) is 4. The third-order valence-corrected chi connectivity index (χ3v) is 6.98. The van der Waals surface area contributed by atoms with Crippen LogP contribution in [0.25, 0.3) is 38.9 Å². The molecule has 0 saturated carbocycles. The molecule has 35 heavy (non-hydrogen) atoms. The van der Waals surface area contributed by atoms with Gasteiger partial charge in [-0.15, -0.1) is 0 Å². The Morgan fingerprint density at radius 3 is 2.51 bits per heavy atom. The average molecular weight is 484 g/mol. The summed E-state index contributed by atoms with van der Waals surface area (Å²) in [4.78, 5) is 27.1. The average Bonchev–Trinajstić information content (AvgIpc) is 3.30. The Balaban J connectivity index is 1.44. The topological polar surface area (TPSA) is 83.6 Å². The quantitative estimate of drug-likeness (QED) is 0.334. The number of likely N-dealkylation sites (tertiary alicyclic amines) is 1. The minimum absolute atomic E-state index is 0.133. The van der Waals surface area contributed by atoms with Crippen LogP contribution in [0.5, 0.6) is 0 Å². The van der Waals surface area contributed by atoms with Crippen LogP contribution in [0.3, 0.4) is 0 Å². The Labute approximate surface area is 206 Å². The molecule has 0 unspecified atom stereocenters. The number of nitrogens with zero attached hydrogens (tertiary/aromatic N) is 5. The maximum atomic E-state index is 11.3. The van der Waals surface area contributed by atoms with Crippen LogP contribution < -0.4 is 0 Å². The standard InChI is InChI=1S/C27H22ClN5O2/c28-25-24-23(31-26(33(24)15-12-29-25)19-10-13-32(14-11-19)27(34)35)20-7-6-18-8-9-21(30-22(18)16-20)17-4-2-1-3-5-17/h1-9,12,15-16,19H,10-11,13-14H2,(H,34,35). The number of benzene rings is 2. The molecule has 174 valence electrons. The van der Waals surface area contributed by atoms with Gasteiger partial charge in [0.25, 0.3) is 0 Å². The Morgan fingerprint density at radius 2 is 1.74 bits per heavy atom. The zero-order valence-electron chi connectivity index (χ0n) is 18.8. The number of aromatic nitrogens is 4. The molecule has 2 aromatic carbocycles. The van der Waals surface area contributed by atoms with Gasteiger partial charge in [-0.1, -0.05) is 60.1 Å². The molecule has 1 saturated heterocycles. The number of rotatable bonds is 3. The summed E-state index contributed by atoms with van der Waals surface area (Å²) < 4.78 is 2.00. The molecule has 1 aliphatic rings. The largest absolute Gasteiger partial charge is 0.465 e. The van der Waals surface area contributed by atoms with E-state index in [1.54, 1.807) is 6.20 Å². The lowest BCUT2D eigenvalue weighted by molar-refractivity contribution is 0.131. The van der Waals surface area contributed by atoms with Gasteiger partial charge in [0.2, 0.25) is 0 Å². The number of hydrogen-bond donors (Lipinski definition) is 1. The molecule has 4 heterocycles. The van der Waals surface area contributed by atoms with Crippen molar-refractivity contribution >= 4 is 34.1 Å². The van der Waals surface area contributed by atoms with E-state index < -0.39 is 6.09 Å². The Bertz CT molecular complexity index is 1560. The van der Waals surface area contributed by atoms with Gasteiger partial charge in [0.1, 0.15) is 11.3 Å². The van der Waals surface area contributed by atoms with Crippen molar-refractivity contribution in [1.29, 1.82) is 0 Å². The van der Waals surface area contributed by atoms with E-state index in [0.717, 1.165) is 44.8 Å². The van der Waals surface area contributed by atoms with Crippen LogP contribution in [0.4, 0.5) is 4.79 Å². The normalized spacial score (nSPS) is 14.6. The number of fused-ring (bicyclic) bond motifs is 2. The monoisotopic (exact) mass is 483 g/mol. The maximum Gasteiger partial charge on any atom is 0.407 e. The summed E-state index contributed by atoms with van der Waals surface area (Å²) >= 11 is 6.58. The lowest BCUT2D eigenvalue weighted by Crippen LogP contribution is -2.37. The maximum absolute atomic E-state index is 11.3. The van der Waals surface area contributed by atoms with Crippen molar-refractivity contribution < 1.29 is 9.90 Å². The van der Waals surface area contributed by atoms with Gasteiger partial charge < -0.3 is 10.0 Å². The predicted octanol–water partition coefficient (Wildman–Crippen LogP) is 6.12. The Hall–Kier alpha value is -3.97. The number of piperidine rings is 1. The second-order valence-corrected chi connectivity index (χ2v) is 9.13. The van der Waals surface area contributed by atoms with Gasteiger partial charge >= 0.3 is 6.09 Å². The van der Waals surface area contributed by atoms with E-state index in [2.05, 4.69) is 11.1 Å². The molecule has 7 nitrogen and oxygen atoms in total. The van der Waals surface area contributed by atoms with Crippen molar-refractivity contribution in [2.45, 2.75) is 18.8 Å². The van der Waals surface area contributed by atoms with Crippen molar-refractivity contribution in [2.75, 3.05) is 13.1 Å². The molecule has 0 atom stereocenters. The Kier molecular flexibility index (Phi) is 5.34. The summed E-state index contributed by atoms with van der Waals surface area (Å²) in [5, 5.41) is 10.7.